The lowest BCUT2D eigenvalue weighted by atomic mass is 10.0. The molecule has 0 aliphatic heterocycles. The molecule has 3 nitrogen and oxygen atoms in total. The summed E-state index contributed by atoms with van der Waals surface area (Å²) in [6, 6.07) is 22.2. The molecule has 200 valence electrons. The third kappa shape index (κ3) is 10.8. The summed E-state index contributed by atoms with van der Waals surface area (Å²) in [4.78, 5) is 11.5. The number of hydrogen-bond donors (Lipinski definition) is 0. The van der Waals surface area contributed by atoms with Crippen LogP contribution in [0.2, 0.25) is 0 Å². The second-order valence-corrected chi connectivity index (χ2v) is 9.67. The van der Waals surface area contributed by atoms with Crippen molar-refractivity contribution in [1.29, 1.82) is 0 Å². The highest BCUT2D eigenvalue weighted by Crippen LogP contribution is 2.19. The van der Waals surface area contributed by atoms with Crippen molar-refractivity contribution in [2.24, 2.45) is 0 Å². The number of unbranched alkanes of at least 4 members (excludes halogenated alkanes) is 6. The van der Waals surface area contributed by atoms with Gasteiger partial charge in [0.15, 0.2) is 0 Å². The summed E-state index contributed by atoms with van der Waals surface area (Å²) in [5.74, 6) is 1.81. The first-order valence-electron chi connectivity index (χ1n) is 14.1. The number of carbonyl (C=O) groups is 1. The summed E-state index contributed by atoms with van der Waals surface area (Å²) in [6.07, 6.45) is 18.7. The Morgan fingerprint density at radius 1 is 0.500 bits per heavy atom. The van der Waals surface area contributed by atoms with Gasteiger partial charge < -0.3 is 9.47 Å². The molecule has 0 heterocycles. The number of hydrogen-bond acceptors (Lipinski definition) is 3. The van der Waals surface area contributed by atoms with E-state index in [-0.39, 0.29) is 0 Å². The molecule has 3 aromatic carbocycles. The van der Waals surface area contributed by atoms with E-state index in [0.717, 1.165) is 66.1 Å². The van der Waals surface area contributed by atoms with Gasteiger partial charge in [0, 0.05) is 5.56 Å². The maximum absolute atomic E-state index is 11.5. The quantitative estimate of drug-likeness (QED) is 0.103. The van der Waals surface area contributed by atoms with E-state index in [1.165, 1.54) is 38.5 Å². The molecule has 0 spiro atoms. The summed E-state index contributed by atoms with van der Waals surface area (Å²) < 4.78 is 11.7. The highest BCUT2D eigenvalue weighted by atomic mass is 16.5. The maximum atomic E-state index is 11.5. The molecule has 38 heavy (non-hydrogen) atoms. The number of ether oxygens (including phenoxy) is 2. The van der Waals surface area contributed by atoms with E-state index in [9.17, 15) is 4.79 Å². The zero-order chi connectivity index (χ0) is 26.8. The van der Waals surface area contributed by atoms with Gasteiger partial charge >= 0.3 is 0 Å². The SMILES string of the molecule is CCCCCCOc1ccc(/C=C/c2cc(C=O)cc(/C=C/c3ccc(OCCCCCC)cc3)c2)cc1. The van der Waals surface area contributed by atoms with Gasteiger partial charge in [0.05, 0.1) is 13.2 Å². The van der Waals surface area contributed by atoms with Crippen molar-refractivity contribution in [3.63, 3.8) is 0 Å². The van der Waals surface area contributed by atoms with Crippen LogP contribution in [0, 0.1) is 0 Å². The Morgan fingerprint density at radius 3 is 1.29 bits per heavy atom. The summed E-state index contributed by atoms with van der Waals surface area (Å²) in [6.45, 7) is 5.96. The standard InChI is InChI=1S/C35H42O3/c1-3-5-7-9-23-37-34-19-15-29(16-20-34)11-13-31-25-32(27-33(26-31)28-36)14-12-30-17-21-35(22-18-30)38-24-10-8-6-4-2/h11-22,25-28H,3-10,23-24H2,1-2H3/b13-11+,14-12+. The van der Waals surface area contributed by atoms with Crippen LogP contribution in [0.4, 0.5) is 0 Å². The van der Waals surface area contributed by atoms with Crippen LogP contribution in [0.1, 0.15) is 97.8 Å². The molecule has 0 N–H and O–H groups in total. The van der Waals surface area contributed by atoms with Gasteiger partial charge in [0.1, 0.15) is 17.8 Å². The topological polar surface area (TPSA) is 35.5 Å². The van der Waals surface area contributed by atoms with E-state index in [0.29, 0.717) is 5.56 Å². The van der Waals surface area contributed by atoms with Crippen LogP contribution in [0.15, 0.2) is 66.7 Å². The molecule has 0 saturated heterocycles. The van der Waals surface area contributed by atoms with E-state index in [1.54, 1.807) is 0 Å². The Bertz CT molecular complexity index is 1060. The summed E-state index contributed by atoms with van der Waals surface area (Å²) in [7, 11) is 0. The first-order valence-corrected chi connectivity index (χ1v) is 14.1. The van der Waals surface area contributed by atoms with Crippen molar-refractivity contribution in [2.45, 2.75) is 65.2 Å². The number of rotatable bonds is 17. The fraction of sp³-hybridized carbons (Fsp3) is 0.343. The highest BCUT2D eigenvalue weighted by Gasteiger charge is 1.99. The molecule has 3 rings (SSSR count). The van der Waals surface area contributed by atoms with Gasteiger partial charge in [-0.25, -0.2) is 0 Å². The molecule has 3 heteroatoms. The van der Waals surface area contributed by atoms with E-state index >= 15 is 0 Å². The normalized spacial score (nSPS) is 11.3. The lowest BCUT2D eigenvalue weighted by Crippen LogP contribution is -1.96. The Kier molecular flexibility index (Phi) is 13.0. The fourth-order valence-corrected chi connectivity index (χ4v) is 4.14. The van der Waals surface area contributed by atoms with Gasteiger partial charge in [-0.15, -0.1) is 0 Å². The van der Waals surface area contributed by atoms with Crippen LogP contribution in [0.3, 0.4) is 0 Å². The Hall–Kier alpha value is -3.59. The number of benzene rings is 3. The molecular formula is C35H42O3. The third-order valence-corrected chi connectivity index (χ3v) is 6.37. The molecule has 0 atom stereocenters. The minimum atomic E-state index is 0.658. The van der Waals surface area contributed by atoms with Crippen LogP contribution in [-0.2, 0) is 0 Å². The predicted octanol–water partition coefficient (Wildman–Crippen LogP) is 9.76. The molecule has 3 aromatic rings. The average molecular weight is 511 g/mol. The lowest BCUT2D eigenvalue weighted by molar-refractivity contribution is 0.112. The molecule has 0 radical (unpaired) electrons. The third-order valence-electron chi connectivity index (χ3n) is 6.37. The van der Waals surface area contributed by atoms with Crippen molar-refractivity contribution in [3.8, 4) is 11.5 Å². The molecule has 0 aliphatic carbocycles. The molecule has 0 aliphatic rings. The van der Waals surface area contributed by atoms with E-state index in [1.807, 2.05) is 48.6 Å². The summed E-state index contributed by atoms with van der Waals surface area (Å²) in [5, 5.41) is 0. The lowest BCUT2D eigenvalue weighted by Gasteiger charge is -2.06. The second kappa shape index (κ2) is 17.0. The zero-order valence-electron chi connectivity index (χ0n) is 23.0. The number of aldehydes is 1. The Labute approximate surface area is 229 Å². The van der Waals surface area contributed by atoms with Crippen molar-refractivity contribution in [1.82, 2.24) is 0 Å². The summed E-state index contributed by atoms with van der Waals surface area (Å²) >= 11 is 0. The first-order chi connectivity index (χ1) is 18.7. The fourth-order valence-electron chi connectivity index (χ4n) is 4.14. The molecule has 0 aromatic heterocycles. The van der Waals surface area contributed by atoms with Gasteiger partial charge in [-0.05, 0) is 77.6 Å². The van der Waals surface area contributed by atoms with Crippen molar-refractivity contribution >= 4 is 30.6 Å². The van der Waals surface area contributed by atoms with Crippen molar-refractivity contribution in [3.05, 3.63) is 94.5 Å². The molecule has 0 saturated carbocycles. The van der Waals surface area contributed by atoms with Crippen molar-refractivity contribution < 1.29 is 14.3 Å². The molecule has 0 amide bonds. The van der Waals surface area contributed by atoms with Crippen molar-refractivity contribution in [2.75, 3.05) is 13.2 Å². The van der Waals surface area contributed by atoms with Crippen LogP contribution < -0.4 is 9.47 Å². The minimum Gasteiger partial charge on any atom is -0.494 e. The van der Waals surface area contributed by atoms with Crippen LogP contribution in [0.5, 0.6) is 11.5 Å². The highest BCUT2D eigenvalue weighted by molar-refractivity contribution is 5.82. The Morgan fingerprint density at radius 2 is 0.895 bits per heavy atom. The van der Waals surface area contributed by atoms with Gasteiger partial charge in [-0.1, -0.05) is 101 Å². The van der Waals surface area contributed by atoms with Gasteiger partial charge in [0.25, 0.3) is 0 Å². The smallest absolute Gasteiger partial charge is 0.150 e. The molecule has 0 bridgehead atoms. The van der Waals surface area contributed by atoms with E-state index < -0.39 is 0 Å². The van der Waals surface area contributed by atoms with Gasteiger partial charge in [-0.3, -0.25) is 4.79 Å². The minimum absolute atomic E-state index is 0.658. The number of carbonyl (C=O) groups excluding carboxylic acids is 1. The molecule has 0 fully saturated rings. The van der Waals surface area contributed by atoms with Gasteiger partial charge in [-0.2, -0.15) is 0 Å². The first kappa shape index (κ1) is 29.0. The second-order valence-electron chi connectivity index (χ2n) is 9.67. The largest absolute Gasteiger partial charge is 0.494 e. The van der Waals surface area contributed by atoms with Crippen LogP contribution in [-0.4, -0.2) is 19.5 Å². The van der Waals surface area contributed by atoms with E-state index in [4.69, 9.17) is 9.47 Å². The molecule has 0 unspecified atom stereocenters. The zero-order valence-corrected chi connectivity index (χ0v) is 23.0. The average Bonchev–Trinajstić information content (AvgIpc) is 2.96. The van der Waals surface area contributed by atoms with Crippen LogP contribution in [0.25, 0.3) is 24.3 Å². The van der Waals surface area contributed by atoms with Gasteiger partial charge in [0.2, 0.25) is 0 Å². The predicted molar refractivity (Wildman–Crippen MR) is 162 cm³/mol. The van der Waals surface area contributed by atoms with Crippen LogP contribution >= 0.6 is 0 Å². The molecular weight excluding hydrogens is 468 g/mol. The summed E-state index contributed by atoms with van der Waals surface area (Å²) in [5.41, 5.74) is 4.80. The maximum Gasteiger partial charge on any atom is 0.150 e. The monoisotopic (exact) mass is 510 g/mol. The van der Waals surface area contributed by atoms with E-state index in [2.05, 4.69) is 56.3 Å². The Balaban J connectivity index is 1.57.